The van der Waals surface area contributed by atoms with Gasteiger partial charge in [-0.15, -0.1) is 0 Å². The van der Waals surface area contributed by atoms with Crippen molar-refractivity contribution >= 4 is 17.5 Å². The van der Waals surface area contributed by atoms with Crippen LogP contribution in [0.1, 0.15) is 29.3 Å². The van der Waals surface area contributed by atoms with E-state index in [2.05, 4.69) is 22.8 Å². The Morgan fingerprint density at radius 2 is 1.50 bits per heavy atom. The highest BCUT2D eigenvalue weighted by Crippen LogP contribution is 2.19. The van der Waals surface area contributed by atoms with Crippen LogP contribution in [0.3, 0.4) is 0 Å². The van der Waals surface area contributed by atoms with E-state index in [1.807, 2.05) is 55.5 Å². The maximum absolute atomic E-state index is 12.6. The lowest BCUT2D eigenvalue weighted by Crippen LogP contribution is -2.36. The number of hydrogen-bond donors (Lipinski definition) is 2. The molecule has 154 valence electrons. The van der Waals surface area contributed by atoms with Crippen LogP contribution in [0.5, 0.6) is 5.75 Å². The van der Waals surface area contributed by atoms with Crippen molar-refractivity contribution in [2.24, 2.45) is 0 Å². The Labute approximate surface area is 177 Å². The third-order valence-corrected chi connectivity index (χ3v) is 4.64. The van der Waals surface area contributed by atoms with E-state index in [1.165, 1.54) is 5.56 Å². The van der Waals surface area contributed by atoms with Crippen LogP contribution >= 0.6 is 0 Å². The van der Waals surface area contributed by atoms with Crippen LogP contribution in [0, 0.1) is 0 Å². The minimum atomic E-state index is -0.284. The number of ether oxygens (including phenoxy) is 1. The summed E-state index contributed by atoms with van der Waals surface area (Å²) in [4.78, 5) is 24.9. The number of para-hydroxylation sites is 2. The molecule has 3 aromatic carbocycles. The molecular formula is C25H26N2O3. The van der Waals surface area contributed by atoms with E-state index >= 15 is 0 Å². The van der Waals surface area contributed by atoms with Gasteiger partial charge in [-0.2, -0.15) is 0 Å². The number of rotatable bonds is 9. The maximum Gasteiger partial charge on any atom is 0.259 e. The zero-order valence-corrected chi connectivity index (χ0v) is 17.0. The first-order valence-electron chi connectivity index (χ1n) is 10.0. The molecule has 0 spiro atoms. The molecule has 0 saturated heterocycles. The number of hydrogen-bond acceptors (Lipinski definition) is 3. The topological polar surface area (TPSA) is 67.4 Å². The monoisotopic (exact) mass is 402 g/mol. The van der Waals surface area contributed by atoms with Crippen LogP contribution in [0.2, 0.25) is 0 Å². The minimum absolute atomic E-state index is 0.0259. The van der Waals surface area contributed by atoms with Gasteiger partial charge in [0.05, 0.1) is 5.56 Å². The van der Waals surface area contributed by atoms with Crippen molar-refractivity contribution in [3.63, 3.8) is 0 Å². The Morgan fingerprint density at radius 3 is 2.23 bits per heavy atom. The first-order valence-corrected chi connectivity index (χ1v) is 10.0. The molecule has 30 heavy (non-hydrogen) atoms. The Kier molecular flexibility index (Phi) is 7.61. The van der Waals surface area contributed by atoms with Crippen LogP contribution < -0.4 is 15.4 Å². The Morgan fingerprint density at radius 1 is 0.867 bits per heavy atom. The zero-order chi connectivity index (χ0) is 21.2. The zero-order valence-electron chi connectivity index (χ0n) is 17.0. The van der Waals surface area contributed by atoms with Gasteiger partial charge in [-0.05, 0) is 49.6 Å². The molecular weight excluding hydrogens is 376 g/mol. The molecule has 0 aromatic heterocycles. The number of amides is 2. The van der Waals surface area contributed by atoms with Crippen LogP contribution in [-0.4, -0.2) is 24.5 Å². The van der Waals surface area contributed by atoms with E-state index in [-0.39, 0.29) is 24.5 Å². The molecule has 1 unspecified atom stereocenters. The number of anilines is 1. The van der Waals surface area contributed by atoms with Crippen LogP contribution in [0.15, 0.2) is 84.9 Å². The van der Waals surface area contributed by atoms with Crippen molar-refractivity contribution in [1.82, 2.24) is 5.32 Å². The molecule has 5 nitrogen and oxygen atoms in total. The molecule has 3 rings (SSSR count). The average molecular weight is 402 g/mol. The summed E-state index contributed by atoms with van der Waals surface area (Å²) in [5.41, 5.74) is 2.32. The van der Waals surface area contributed by atoms with Gasteiger partial charge in [0.25, 0.3) is 11.8 Å². The lowest BCUT2D eigenvalue weighted by molar-refractivity contribution is -0.123. The summed E-state index contributed by atoms with van der Waals surface area (Å²) in [6.45, 7) is 1.83. The molecule has 1 atom stereocenters. The number of nitrogens with one attached hydrogen (secondary N) is 2. The molecule has 0 aliphatic heterocycles. The standard InChI is InChI=1S/C25H26N2O3/c1-19(16-17-20-10-4-2-5-11-20)26-24(28)18-30-23-15-9-8-14-22(23)25(29)27-21-12-6-3-7-13-21/h2-15,19H,16-18H2,1H3,(H,26,28)(H,27,29). The van der Waals surface area contributed by atoms with Gasteiger partial charge in [-0.25, -0.2) is 0 Å². The van der Waals surface area contributed by atoms with Crippen molar-refractivity contribution in [2.45, 2.75) is 25.8 Å². The van der Waals surface area contributed by atoms with Gasteiger partial charge in [-0.1, -0.05) is 60.7 Å². The summed E-state index contributed by atoms with van der Waals surface area (Å²) in [6.07, 6.45) is 1.73. The van der Waals surface area contributed by atoms with E-state index in [1.54, 1.807) is 24.3 Å². The van der Waals surface area contributed by atoms with Crippen molar-refractivity contribution in [3.05, 3.63) is 96.1 Å². The quantitative estimate of drug-likeness (QED) is 0.555. The lowest BCUT2D eigenvalue weighted by atomic mass is 10.1. The normalized spacial score (nSPS) is 11.4. The third kappa shape index (κ3) is 6.48. The smallest absolute Gasteiger partial charge is 0.259 e. The molecule has 0 bridgehead atoms. The van der Waals surface area contributed by atoms with Crippen LogP contribution in [-0.2, 0) is 11.2 Å². The predicted molar refractivity (Wildman–Crippen MR) is 119 cm³/mol. The van der Waals surface area contributed by atoms with Gasteiger partial charge in [0.1, 0.15) is 5.75 Å². The second kappa shape index (κ2) is 10.8. The van der Waals surface area contributed by atoms with E-state index in [0.29, 0.717) is 17.0 Å². The van der Waals surface area contributed by atoms with Crippen LogP contribution in [0.4, 0.5) is 5.69 Å². The van der Waals surface area contributed by atoms with Crippen molar-refractivity contribution < 1.29 is 14.3 Å². The summed E-state index contributed by atoms with van der Waals surface area (Å²) in [6, 6.07) is 26.3. The summed E-state index contributed by atoms with van der Waals surface area (Å²) < 4.78 is 5.65. The van der Waals surface area contributed by atoms with Gasteiger partial charge >= 0.3 is 0 Å². The highest BCUT2D eigenvalue weighted by Gasteiger charge is 2.14. The number of aryl methyl sites for hydroxylation is 1. The predicted octanol–water partition coefficient (Wildman–Crippen LogP) is 4.46. The minimum Gasteiger partial charge on any atom is -0.483 e. The summed E-state index contributed by atoms with van der Waals surface area (Å²) in [5, 5.41) is 5.78. The Balaban J connectivity index is 1.50. The number of carbonyl (C=O) groups excluding carboxylic acids is 2. The largest absolute Gasteiger partial charge is 0.483 e. The van der Waals surface area contributed by atoms with E-state index in [9.17, 15) is 9.59 Å². The SMILES string of the molecule is CC(CCc1ccccc1)NC(=O)COc1ccccc1C(=O)Nc1ccccc1. The van der Waals surface area contributed by atoms with Gasteiger partial charge in [0.15, 0.2) is 6.61 Å². The van der Waals surface area contributed by atoms with Crippen LogP contribution in [0.25, 0.3) is 0 Å². The van der Waals surface area contributed by atoms with E-state index in [0.717, 1.165) is 12.8 Å². The second-order valence-corrected chi connectivity index (χ2v) is 7.10. The molecule has 2 N–H and O–H groups in total. The van der Waals surface area contributed by atoms with Gasteiger partial charge < -0.3 is 15.4 Å². The summed E-state index contributed by atoms with van der Waals surface area (Å²) >= 11 is 0. The van der Waals surface area contributed by atoms with Crippen molar-refractivity contribution in [1.29, 1.82) is 0 Å². The molecule has 5 heteroatoms. The number of benzene rings is 3. The molecule has 0 aliphatic carbocycles. The fourth-order valence-electron chi connectivity index (χ4n) is 3.06. The van der Waals surface area contributed by atoms with Crippen molar-refractivity contribution in [2.75, 3.05) is 11.9 Å². The maximum atomic E-state index is 12.6. The first-order chi connectivity index (χ1) is 14.6. The number of carbonyl (C=O) groups is 2. The highest BCUT2D eigenvalue weighted by atomic mass is 16.5. The fraction of sp³-hybridized carbons (Fsp3) is 0.200. The third-order valence-electron chi connectivity index (χ3n) is 4.64. The van der Waals surface area contributed by atoms with Gasteiger partial charge in [0, 0.05) is 11.7 Å². The Bertz CT molecular complexity index is 958. The molecule has 0 fully saturated rings. The molecule has 0 heterocycles. The van der Waals surface area contributed by atoms with E-state index in [4.69, 9.17) is 4.74 Å². The Hall–Kier alpha value is -3.60. The molecule has 0 radical (unpaired) electrons. The van der Waals surface area contributed by atoms with E-state index < -0.39 is 0 Å². The molecule has 3 aromatic rings. The van der Waals surface area contributed by atoms with Gasteiger partial charge in [0.2, 0.25) is 0 Å². The summed E-state index contributed by atoms with van der Waals surface area (Å²) in [7, 11) is 0. The summed E-state index contributed by atoms with van der Waals surface area (Å²) in [5.74, 6) is -0.125. The lowest BCUT2D eigenvalue weighted by Gasteiger charge is -2.15. The first kappa shape index (κ1) is 21.1. The van der Waals surface area contributed by atoms with Crippen molar-refractivity contribution in [3.8, 4) is 5.75 Å². The molecule has 0 aliphatic rings. The van der Waals surface area contributed by atoms with Gasteiger partial charge in [-0.3, -0.25) is 9.59 Å². The molecule has 2 amide bonds. The molecule has 0 saturated carbocycles. The average Bonchev–Trinajstić information content (AvgIpc) is 2.78. The highest BCUT2D eigenvalue weighted by molar-refractivity contribution is 6.06. The second-order valence-electron chi connectivity index (χ2n) is 7.10. The fourth-order valence-corrected chi connectivity index (χ4v) is 3.06.